The lowest BCUT2D eigenvalue weighted by atomic mass is 9.90. The van der Waals surface area contributed by atoms with Crippen molar-refractivity contribution in [2.45, 2.75) is 25.9 Å². The molecule has 0 N–H and O–H groups in total. The van der Waals surface area contributed by atoms with E-state index in [4.69, 9.17) is 4.74 Å². The lowest BCUT2D eigenvalue weighted by molar-refractivity contribution is 0.187. The van der Waals surface area contributed by atoms with Crippen molar-refractivity contribution >= 4 is 0 Å². The summed E-state index contributed by atoms with van der Waals surface area (Å²) in [6.45, 7) is 2.02. The second-order valence-electron chi connectivity index (χ2n) is 7.98. The van der Waals surface area contributed by atoms with Gasteiger partial charge in [0.05, 0.1) is 6.61 Å². The minimum atomic E-state index is -1.68. The molecule has 0 spiro atoms. The van der Waals surface area contributed by atoms with Crippen molar-refractivity contribution in [2.24, 2.45) is 5.92 Å². The molecular formula is C28H24F4O. The zero-order valence-corrected chi connectivity index (χ0v) is 18.2. The van der Waals surface area contributed by atoms with Crippen LogP contribution in [0.3, 0.4) is 0 Å². The highest BCUT2D eigenvalue weighted by molar-refractivity contribution is 5.70. The van der Waals surface area contributed by atoms with E-state index in [1.54, 1.807) is 31.2 Å². The third-order valence-corrected chi connectivity index (χ3v) is 5.85. The molecule has 1 aliphatic rings. The van der Waals surface area contributed by atoms with Gasteiger partial charge in [-0.1, -0.05) is 66.7 Å². The van der Waals surface area contributed by atoms with Gasteiger partial charge in [-0.2, -0.15) is 0 Å². The molecule has 2 unspecified atom stereocenters. The van der Waals surface area contributed by atoms with Crippen LogP contribution in [0.2, 0.25) is 0 Å². The highest BCUT2D eigenvalue weighted by atomic mass is 19.2. The molecule has 0 bridgehead atoms. The maximum Gasteiger partial charge on any atom is 0.176 e. The van der Waals surface area contributed by atoms with Crippen molar-refractivity contribution in [2.75, 3.05) is 6.61 Å². The quantitative estimate of drug-likeness (QED) is 0.330. The second kappa shape index (κ2) is 10.1. The summed E-state index contributed by atoms with van der Waals surface area (Å²) in [6.07, 6.45) is 2.61. The van der Waals surface area contributed by atoms with Crippen molar-refractivity contribution in [1.29, 1.82) is 0 Å². The van der Waals surface area contributed by atoms with E-state index in [2.05, 4.69) is 0 Å². The summed E-state index contributed by atoms with van der Waals surface area (Å²) in [5.41, 5.74) is 3.76. The number of hydrogen-bond donors (Lipinski definition) is 0. The molecule has 0 aromatic heterocycles. The summed E-state index contributed by atoms with van der Waals surface area (Å²) in [5.74, 6) is -3.10. The topological polar surface area (TPSA) is 9.23 Å². The molecule has 0 radical (unpaired) electrons. The summed E-state index contributed by atoms with van der Waals surface area (Å²) < 4.78 is 61.1. The summed E-state index contributed by atoms with van der Waals surface area (Å²) in [7, 11) is 0. The average Bonchev–Trinajstić information content (AvgIpc) is 2.84. The molecule has 33 heavy (non-hydrogen) atoms. The van der Waals surface area contributed by atoms with Gasteiger partial charge in [0.25, 0.3) is 0 Å². The molecule has 2 atom stereocenters. The molecule has 0 aliphatic heterocycles. The summed E-state index contributed by atoms with van der Waals surface area (Å²) >= 11 is 0. The third kappa shape index (κ3) is 5.03. The molecule has 0 heterocycles. The smallest absolute Gasteiger partial charge is 0.176 e. The van der Waals surface area contributed by atoms with Gasteiger partial charge in [0.2, 0.25) is 0 Å². The molecule has 0 saturated carbocycles. The lowest BCUT2D eigenvalue weighted by Crippen LogP contribution is -2.20. The first kappa shape index (κ1) is 22.8. The molecular weight excluding hydrogens is 428 g/mol. The van der Waals surface area contributed by atoms with Crippen LogP contribution in [0, 0.1) is 17.6 Å². The van der Waals surface area contributed by atoms with Crippen molar-refractivity contribution in [3.63, 3.8) is 0 Å². The van der Waals surface area contributed by atoms with E-state index in [0.717, 1.165) is 22.8 Å². The number of halogens is 4. The highest BCUT2D eigenvalue weighted by Gasteiger charge is 2.29. The van der Waals surface area contributed by atoms with Crippen molar-refractivity contribution in [3.8, 4) is 22.3 Å². The van der Waals surface area contributed by atoms with Gasteiger partial charge in [-0.05, 0) is 54.2 Å². The van der Waals surface area contributed by atoms with Crippen LogP contribution in [0.4, 0.5) is 17.6 Å². The first-order valence-electron chi connectivity index (χ1n) is 11.0. The first-order chi connectivity index (χ1) is 16.0. The SMILES string of the molecule is CCOC1=C(F)C(F)C(CCc2ccc(-c3ccc(-c4cccc(F)c4F)cc3)cc2)C=C1. The molecule has 3 aromatic rings. The van der Waals surface area contributed by atoms with Crippen LogP contribution in [0.15, 0.2) is 90.5 Å². The Hall–Kier alpha value is -3.34. The van der Waals surface area contributed by atoms with Crippen LogP contribution in [-0.2, 0) is 11.2 Å². The van der Waals surface area contributed by atoms with Gasteiger partial charge in [0.15, 0.2) is 29.4 Å². The number of hydrogen-bond acceptors (Lipinski definition) is 1. The molecule has 5 heteroatoms. The Morgan fingerprint density at radius 3 is 2.12 bits per heavy atom. The minimum Gasteiger partial charge on any atom is -0.491 e. The van der Waals surface area contributed by atoms with E-state index >= 15 is 0 Å². The van der Waals surface area contributed by atoms with E-state index in [0.29, 0.717) is 25.0 Å². The number of allylic oxidation sites excluding steroid dienone is 3. The fourth-order valence-corrected chi connectivity index (χ4v) is 3.99. The molecule has 4 rings (SSSR count). The predicted octanol–water partition coefficient (Wildman–Crippen LogP) is 7.97. The van der Waals surface area contributed by atoms with Gasteiger partial charge in [-0.3, -0.25) is 0 Å². The van der Waals surface area contributed by atoms with E-state index in [9.17, 15) is 17.6 Å². The number of aryl methyl sites for hydroxylation is 1. The Morgan fingerprint density at radius 1 is 0.818 bits per heavy atom. The molecule has 0 saturated heterocycles. The zero-order chi connectivity index (χ0) is 23.4. The number of ether oxygens (including phenoxy) is 1. The van der Waals surface area contributed by atoms with E-state index in [1.165, 1.54) is 12.1 Å². The number of rotatable bonds is 7. The largest absolute Gasteiger partial charge is 0.491 e. The number of benzene rings is 3. The molecule has 170 valence electrons. The van der Waals surface area contributed by atoms with Gasteiger partial charge in [0.1, 0.15) is 0 Å². The molecule has 0 fully saturated rings. The monoisotopic (exact) mass is 452 g/mol. The maximum absolute atomic E-state index is 14.4. The Bertz CT molecular complexity index is 1160. The first-order valence-corrected chi connectivity index (χ1v) is 11.0. The van der Waals surface area contributed by atoms with Crippen molar-refractivity contribution in [1.82, 2.24) is 0 Å². The molecule has 3 aromatic carbocycles. The van der Waals surface area contributed by atoms with Crippen LogP contribution < -0.4 is 0 Å². The summed E-state index contributed by atoms with van der Waals surface area (Å²) in [5, 5.41) is 0. The lowest BCUT2D eigenvalue weighted by Gasteiger charge is -2.22. The highest BCUT2D eigenvalue weighted by Crippen LogP contribution is 2.32. The molecule has 1 nitrogen and oxygen atoms in total. The van der Waals surface area contributed by atoms with E-state index < -0.39 is 29.6 Å². The van der Waals surface area contributed by atoms with Gasteiger partial charge < -0.3 is 4.74 Å². The zero-order valence-electron chi connectivity index (χ0n) is 18.2. The van der Waals surface area contributed by atoms with Gasteiger partial charge in [0, 0.05) is 11.5 Å². The maximum atomic E-state index is 14.4. The van der Waals surface area contributed by atoms with E-state index in [1.807, 2.05) is 36.4 Å². The van der Waals surface area contributed by atoms with Crippen LogP contribution in [0.5, 0.6) is 0 Å². The van der Waals surface area contributed by atoms with Crippen molar-refractivity contribution < 1.29 is 22.3 Å². The van der Waals surface area contributed by atoms with Crippen LogP contribution in [-0.4, -0.2) is 12.8 Å². The predicted molar refractivity (Wildman–Crippen MR) is 123 cm³/mol. The molecule has 0 amide bonds. The summed E-state index contributed by atoms with van der Waals surface area (Å²) in [4.78, 5) is 0. The van der Waals surface area contributed by atoms with Gasteiger partial charge in [-0.15, -0.1) is 0 Å². The fourth-order valence-electron chi connectivity index (χ4n) is 3.99. The normalized spacial score (nSPS) is 18.0. The molecule has 1 aliphatic carbocycles. The third-order valence-electron chi connectivity index (χ3n) is 5.85. The summed E-state index contributed by atoms with van der Waals surface area (Å²) in [6, 6.07) is 19.2. The van der Waals surface area contributed by atoms with Gasteiger partial charge in [-0.25, -0.2) is 17.6 Å². The van der Waals surface area contributed by atoms with Gasteiger partial charge >= 0.3 is 0 Å². The second-order valence-corrected chi connectivity index (χ2v) is 7.98. The van der Waals surface area contributed by atoms with Crippen LogP contribution in [0.1, 0.15) is 18.9 Å². The van der Waals surface area contributed by atoms with Crippen molar-refractivity contribution in [3.05, 3.63) is 108 Å². The average molecular weight is 452 g/mol. The Morgan fingerprint density at radius 2 is 1.45 bits per heavy atom. The Balaban J connectivity index is 1.40. The minimum absolute atomic E-state index is 0.0169. The van der Waals surface area contributed by atoms with Crippen LogP contribution >= 0.6 is 0 Å². The Labute approximate surface area is 191 Å². The fraction of sp³-hybridized carbons (Fsp3) is 0.214. The number of alkyl halides is 1. The van der Waals surface area contributed by atoms with Crippen LogP contribution in [0.25, 0.3) is 22.3 Å². The van der Waals surface area contributed by atoms with E-state index in [-0.39, 0.29) is 11.3 Å². The standard InChI is InChI=1S/C28H24F4O/c1-2-33-25-17-16-22(26(30)28(25)32)11-8-18-6-9-19(10-7-18)20-12-14-21(15-13-20)23-4-3-5-24(29)27(23)31/h3-7,9-10,12-17,22,26H,2,8,11H2,1H3. The Kier molecular flexibility index (Phi) is 6.97.